The van der Waals surface area contributed by atoms with Crippen LogP contribution in [0.15, 0.2) is 59.8 Å². The normalized spacial score (nSPS) is 12.3. The van der Waals surface area contributed by atoms with Gasteiger partial charge in [-0.15, -0.1) is 0 Å². The predicted molar refractivity (Wildman–Crippen MR) is 102 cm³/mol. The van der Waals surface area contributed by atoms with Crippen LogP contribution in [0.3, 0.4) is 0 Å². The van der Waals surface area contributed by atoms with Crippen LogP contribution in [0.5, 0.6) is 0 Å². The molecular formula is C21H34O2. The average molecular weight is 319 g/mol. The zero-order valence-corrected chi connectivity index (χ0v) is 15.8. The Labute approximate surface area is 143 Å². The molecule has 0 unspecified atom stereocenters. The van der Waals surface area contributed by atoms with Crippen molar-refractivity contribution >= 4 is 5.97 Å². The third kappa shape index (κ3) is 12.4. The molecule has 0 aromatic rings. The largest absolute Gasteiger partial charge is 0.465 e. The van der Waals surface area contributed by atoms with Gasteiger partial charge in [-0.05, 0) is 38.3 Å². The lowest BCUT2D eigenvalue weighted by Gasteiger charge is -2.03. The van der Waals surface area contributed by atoms with E-state index < -0.39 is 0 Å². The lowest BCUT2D eigenvalue weighted by Crippen LogP contribution is -2.02. The highest BCUT2D eigenvalue weighted by Gasteiger charge is 2.05. The van der Waals surface area contributed by atoms with E-state index >= 15 is 0 Å². The molecule has 0 aromatic heterocycles. The molecule has 0 amide bonds. The lowest BCUT2D eigenvalue weighted by molar-refractivity contribution is -0.135. The Bertz CT molecular complexity index is 448. The number of hydrogen-bond acceptors (Lipinski definition) is 2. The van der Waals surface area contributed by atoms with Gasteiger partial charge in [0.15, 0.2) is 0 Å². The van der Waals surface area contributed by atoms with Crippen molar-refractivity contribution < 1.29 is 9.53 Å². The van der Waals surface area contributed by atoms with Gasteiger partial charge in [0.25, 0.3) is 0 Å². The SMILES string of the molecule is C=C(/C=C\C(=C/CCCC)C(=O)OC)CC(/C=C\C)=C/C.CC. The summed E-state index contributed by atoms with van der Waals surface area (Å²) in [6.45, 7) is 14.2. The molecule has 0 N–H and O–H groups in total. The standard InChI is InChI=1S/C19H28O2.C2H6/c1-6-9-10-12-18(19(20)21-5)14-13-16(4)15-17(8-3)11-7-2;1-2/h7-8,11-14H,4,6,9-10,15H2,1-3,5H3;1-2H3/b11-7-,14-13-,17-8+,18-12+;. The molecule has 0 saturated heterocycles. The maximum atomic E-state index is 11.7. The molecule has 23 heavy (non-hydrogen) atoms. The first kappa shape index (κ1) is 23.4. The van der Waals surface area contributed by atoms with E-state index in [1.165, 1.54) is 12.7 Å². The van der Waals surface area contributed by atoms with E-state index in [2.05, 4.69) is 25.7 Å². The number of ether oxygens (including phenoxy) is 1. The number of allylic oxidation sites excluding steroid dienone is 7. The summed E-state index contributed by atoms with van der Waals surface area (Å²) in [5.74, 6) is -0.296. The van der Waals surface area contributed by atoms with Crippen molar-refractivity contribution in [3.05, 3.63) is 59.8 Å². The Kier molecular flexibility index (Phi) is 16.9. The van der Waals surface area contributed by atoms with E-state index in [0.29, 0.717) is 5.57 Å². The summed E-state index contributed by atoms with van der Waals surface area (Å²) in [6, 6.07) is 0. The van der Waals surface area contributed by atoms with Crippen molar-refractivity contribution in [2.24, 2.45) is 0 Å². The fraction of sp³-hybridized carbons (Fsp3) is 0.476. The van der Waals surface area contributed by atoms with Crippen molar-refractivity contribution in [2.75, 3.05) is 7.11 Å². The molecule has 0 aliphatic heterocycles. The van der Waals surface area contributed by atoms with Gasteiger partial charge in [0.1, 0.15) is 0 Å². The Balaban J connectivity index is 0. The summed E-state index contributed by atoms with van der Waals surface area (Å²) < 4.78 is 4.81. The zero-order chi connectivity index (χ0) is 18.1. The second-order valence-electron chi connectivity index (χ2n) is 4.83. The van der Waals surface area contributed by atoms with Gasteiger partial charge in [0.05, 0.1) is 12.7 Å². The van der Waals surface area contributed by atoms with E-state index in [1.54, 1.807) is 6.08 Å². The molecular weight excluding hydrogens is 284 g/mol. The summed E-state index contributed by atoms with van der Waals surface area (Å²) in [6.07, 6.45) is 15.6. The highest BCUT2D eigenvalue weighted by molar-refractivity contribution is 5.91. The first-order chi connectivity index (χ1) is 11.1. The molecule has 0 atom stereocenters. The predicted octanol–water partition coefficient (Wildman–Crippen LogP) is 6.33. The summed E-state index contributed by atoms with van der Waals surface area (Å²) >= 11 is 0. The average Bonchev–Trinajstić information content (AvgIpc) is 2.58. The van der Waals surface area contributed by atoms with Crippen LogP contribution in [-0.2, 0) is 9.53 Å². The Hall–Kier alpha value is -1.83. The van der Waals surface area contributed by atoms with Crippen LogP contribution in [0.25, 0.3) is 0 Å². The molecule has 0 bridgehead atoms. The summed E-state index contributed by atoms with van der Waals surface area (Å²) in [5.41, 5.74) is 2.77. The van der Waals surface area contributed by atoms with Gasteiger partial charge in [0, 0.05) is 0 Å². The zero-order valence-electron chi connectivity index (χ0n) is 15.8. The van der Waals surface area contributed by atoms with E-state index in [9.17, 15) is 4.79 Å². The van der Waals surface area contributed by atoms with Crippen molar-refractivity contribution in [2.45, 2.75) is 60.3 Å². The molecule has 0 fully saturated rings. The molecule has 0 rings (SSSR count). The molecule has 0 aromatic carbocycles. The maximum absolute atomic E-state index is 11.7. The van der Waals surface area contributed by atoms with Crippen LogP contribution in [0.2, 0.25) is 0 Å². The number of carbonyl (C=O) groups is 1. The summed E-state index contributed by atoms with van der Waals surface area (Å²) in [5, 5.41) is 0. The minimum absolute atomic E-state index is 0.296. The second-order valence-corrected chi connectivity index (χ2v) is 4.83. The lowest BCUT2D eigenvalue weighted by atomic mass is 10.0. The number of esters is 1. The van der Waals surface area contributed by atoms with E-state index in [1.807, 2.05) is 45.9 Å². The molecule has 2 heteroatoms. The third-order valence-corrected chi connectivity index (χ3v) is 3.02. The van der Waals surface area contributed by atoms with Crippen molar-refractivity contribution in [1.82, 2.24) is 0 Å². The van der Waals surface area contributed by atoms with Gasteiger partial charge in [0.2, 0.25) is 0 Å². The van der Waals surface area contributed by atoms with Crippen molar-refractivity contribution in [3.8, 4) is 0 Å². The van der Waals surface area contributed by atoms with E-state index in [4.69, 9.17) is 4.74 Å². The van der Waals surface area contributed by atoms with Gasteiger partial charge in [-0.1, -0.05) is 76.1 Å². The highest BCUT2D eigenvalue weighted by atomic mass is 16.5. The van der Waals surface area contributed by atoms with Crippen LogP contribution in [-0.4, -0.2) is 13.1 Å². The molecule has 130 valence electrons. The van der Waals surface area contributed by atoms with Gasteiger partial charge in [-0.3, -0.25) is 0 Å². The molecule has 0 radical (unpaired) electrons. The minimum Gasteiger partial charge on any atom is -0.465 e. The van der Waals surface area contributed by atoms with Crippen LogP contribution in [0.1, 0.15) is 60.3 Å². The van der Waals surface area contributed by atoms with Crippen LogP contribution < -0.4 is 0 Å². The summed E-state index contributed by atoms with van der Waals surface area (Å²) in [4.78, 5) is 11.7. The number of carbonyl (C=O) groups excluding carboxylic acids is 1. The van der Waals surface area contributed by atoms with Gasteiger partial charge in [-0.25, -0.2) is 4.79 Å². The topological polar surface area (TPSA) is 26.3 Å². The van der Waals surface area contributed by atoms with E-state index in [0.717, 1.165) is 31.3 Å². The second kappa shape index (κ2) is 16.5. The first-order valence-electron chi connectivity index (χ1n) is 8.51. The highest BCUT2D eigenvalue weighted by Crippen LogP contribution is 2.14. The smallest absolute Gasteiger partial charge is 0.337 e. The van der Waals surface area contributed by atoms with Crippen LogP contribution in [0.4, 0.5) is 0 Å². The van der Waals surface area contributed by atoms with Gasteiger partial charge in [-0.2, -0.15) is 0 Å². The molecule has 0 saturated carbocycles. The van der Waals surface area contributed by atoms with E-state index in [-0.39, 0.29) is 5.97 Å². The molecule has 0 spiro atoms. The van der Waals surface area contributed by atoms with Crippen molar-refractivity contribution in [1.29, 1.82) is 0 Å². The van der Waals surface area contributed by atoms with Gasteiger partial charge >= 0.3 is 5.97 Å². The number of unbranched alkanes of at least 4 members (excludes halogenated alkanes) is 2. The maximum Gasteiger partial charge on any atom is 0.337 e. The number of hydrogen-bond donors (Lipinski definition) is 0. The Morgan fingerprint density at radius 1 is 1.13 bits per heavy atom. The molecule has 2 nitrogen and oxygen atoms in total. The number of rotatable bonds is 9. The Morgan fingerprint density at radius 2 is 1.78 bits per heavy atom. The fourth-order valence-electron chi connectivity index (χ4n) is 1.80. The van der Waals surface area contributed by atoms with Crippen LogP contribution in [0, 0.1) is 0 Å². The molecule has 0 aliphatic carbocycles. The number of methoxy groups -OCH3 is 1. The van der Waals surface area contributed by atoms with Crippen LogP contribution >= 0.6 is 0 Å². The quantitative estimate of drug-likeness (QED) is 0.215. The molecule has 0 aliphatic rings. The monoisotopic (exact) mass is 318 g/mol. The van der Waals surface area contributed by atoms with Crippen molar-refractivity contribution in [3.63, 3.8) is 0 Å². The van der Waals surface area contributed by atoms with Gasteiger partial charge < -0.3 is 4.74 Å². The minimum atomic E-state index is -0.296. The third-order valence-electron chi connectivity index (χ3n) is 3.02. The molecule has 0 heterocycles. The Morgan fingerprint density at radius 3 is 2.26 bits per heavy atom. The summed E-state index contributed by atoms with van der Waals surface area (Å²) in [7, 11) is 1.41. The first-order valence-corrected chi connectivity index (χ1v) is 8.51. The fourth-order valence-corrected chi connectivity index (χ4v) is 1.80.